The molecule has 1 amide bonds. The number of fused-ring (bicyclic) bond motifs is 2. The van der Waals surface area contributed by atoms with Crippen LogP contribution >= 0.6 is 23.7 Å². The van der Waals surface area contributed by atoms with Crippen LogP contribution in [0.5, 0.6) is 0 Å². The Morgan fingerprint density at radius 2 is 2.30 bits per heavy atom. The van der Waals surface area contributed by atoms with Crippen LogP contribution in [0, 0.1) is 17.8 Å². The molecule has 5 atom stereocenters. The minimum atomic E-state index is 0. The largest absolute Gasteiger partial charge is 0.355 e. The van der Waals surface area contributed by atoms with Gasteiger partial charge in [0.15, 0.2) is 0 Å². The van der Waals surface area contributed by atoms with Crippen molar-refractivity contribution in [3.63, 3.8) is 0 Å². The van der Waals surface area contributed by atoms with Gasteiger partial charge in [-0.15, -0.1) is 23.7 Å². The van der Waals surface area contributed by atoms with Crippen LogP contribution in [-0.4, -0.2) is 23.5 Å². The number of thiazole rings is 1. The molecule has 0 radical (unpaired) electrons. The second kappa shape index (κ2) is 6.41. The van der Waals surface area contributed by atoms with Crippen molar-refractivity contribution in [2.75, 3.05) is 6.54 Å². The van der Waals surface area contributed by atoms with Crippen LogP contribution in [0.3, 0.4) is 0 Å². The topological polar surface area (TPSA) is 68.0 Å². The Balaban J connectivity index is 0.00000147. The molecule has 1 aromatic heterocycles. The summed E-state index contributed by atoms with van der Waals surface area (Å²) in [5.74, 6) is 1.58. The number of carbonyl (C=O) groups excluding carboxylic acids is 1. The van der Waals surface area contributed by atoms with Crippen molar-refractivity contribution in [1.29, 1.82) is 0 Å². The summed E-state index contributed by atoms with van der Waals surface area (Å²) in [7, 11) is 0. The summed E-state index contributed by atoms with van der Waals surface area (Å²) in [5, 5.41) is 6.13. The molecule has 3 rings (SSSR count). The fourth-order valence-corrected chi connectivity index (χ4v) is 4.36. The van der Waals surface area contributed by atoms with E-state index in [4.69, 9.17) is 5.73 Å². The van der Waals surface area contributed by atoms with Crippen LogP contribution in [-0.2, 0) is 4.79 Å². The van der Waals surface area contributed by atoms with E-state index in [0.29, 0.717) is 18.4 Å². The van der Waals surface area contributed by atoms with Crippen molar-refractivity contribution < 1.29 is 4.79 Å². The average Bonchev–Trinajstić information content (AvgIpc) is 3.11. The number of halogens is 1. The van der Waals surface area contributed by atoms with E-state index in [1.807, 2.05) is 11.6 Å². The van der Waals surface area contributed by atoms with Crippen molar-refractivity contribution in [3.05, 3.63) is 16.6 Å². The first kappa shape index (κ1) is 15.7. The van der Waals surface area contributed by atoms with Gasteiger partial charge in [0.25, 0.3) is 0 Å². The first-order chi connectivity index (χ1) is 9.16. The van der Waals surface area contributed by atoms with E-state index >= 15 is 0 Å². The number of nitrogens with zero attached hydrogens (tertiary/aromatic N) is 1. The fraction of sp³-hybridized carbons (Fsp3) is 0.714. The first-order valence-electron chi connectivity index (χ1n) is 7.09. The Labute approximate surface area is 129 Å². The molecule has 0 saturated heterocycles. The molecule has 1 aromatic rings. The predicted molar refractivity (Wildman–Crippen MR) is 83.1 cm³/mol. The lowest BCUT2D eigenvalue weighted by Crippen LogP contribution is -2.45. The summed E-state index contributed by atoms with van der Waals surface area (Å²) in [5.41, 5.74) is 6.19. The summed E-state index contributed by atoms with van der Waals surface area (Å²) in [4.78, 5) is 16.6. The third-order valence-electron chi connectivity index (χ3n) is 4.74. The molecule has 2 saturated carbocycles. The summed E-state index contributed by atoms with van der Waals surface area (Å²) in [6, 6.07) is 0.0777. The molecule has 2 aliphatic carbocycles. The SMILES string of the molecule is CC(CNC(=O)C1C2CCC(C2)C1N)c1nccs1.Cl. The molecule has 4 nitrogen and oxygen atoms in total. The number of rotatable bonds is 4. The zero-order valence-corrected chi connectivity index (χ0v) is 13.3. The maximum atomic E-state index is 12.3. The van der Waals surface area contributed by atoms with Gasteiger partial charge < -0.3 is 11.1 Å². The van der Waals surface area contributed by atoms with Gasteiger partial charge in [-0.3, -0.25) is 4.79 Å². The first-order valence-corrected chi connectivity index (χ1v) is 7.97. The molecule has 20 heavy (non-hydrogen) atoms. The normalized spacial score (nSPS) is 32.7. The van der Waals surface area contributed by atoms with Crippen LogP contribution < -0.4 is 11.1 Å². The third-order valence-corrected chi connectivity index (χ3v) is 5.75. The van der Waals surface area contributed by atoms with Crippen LogP contribution in [0.4, 0.5) is 0 Å². The molecule has 5 unspecified atom stereocenters. The van der Waals surface area contributed by atoms with Crippen molar-refractivity contribution in [2.24, 2.45) is 23.5 Å². The predicted octanol–water partition coefficient (Wildman–Crippen LogP) is 2.16. The lowest BCUT2D eigenvalue weighted by molar-refractivity contribution is -0.127. The third kappa shape index (κ3) is 2.85. The highest BCUT2D eigenvalue weighted by Crippen LogP contribution is 2.47. The fourth-order valence-electron chi connectivity index (χ4n) is 3.66. The van der Waals surface area contributed by atoms with Gasteiger partial charge in [-0.05, 0) is 31.1 Å². The van der Waals surface area contributed by atoms with Crippen LogP contribution in [0.2, 0.25) is 0 Å². The molecule has 2 aliphatic rings. The Hall–Kier alpha value is -0.650. The molecule has 112 valence electrons. The van der Waals surface area contributed by atoms with E-state index in [1.54, 1.807) is 11.3 Å². The number of hydrogen-bond donors (Lipinski definition) is 2. The van der Waals surface area contributed by atoms with Gasteiger partial charge in [-0.25, -0.2) is 4.98 Å². The summed E-state index contributed by atoms with van der Waals surface area (Å²) in [6.45, 7) is 2.76. The van der Waals surface area contributed by atoms with E-state index in [-0.39, 0.29) is 36.2 Å². The quantitative estimate of drug-likeness (QED) is 0.894. The maximum absolute atomic E-state index is 12.3. The molecular weight excluding hydrogens is 294 g/mol. The van der Waals surface area contributed by atoms with Crippen molar-refractivity contribution in [3.8, 4) is 0 Å². The molecule has 3 N–H and O–H groups in total. The van der Waals surface area contributed by atoms with Gasteiger partial charge in [0.1, 0.15) is 0 Å². The molecule has 1 heterocycles. The van der Waals surface area contributed by atoms with Gasteiger partial charge in [0.2, 0.25) is 5.91 Å². The second-order valence-corrected chi connectivity index (χ2v) is 6.88. The van der Waals surface area contributed by atoms with Crippen LogP contribution in [0.15, 0.2) is 11.6 Å². The molecule has 0 spiro atoms. The smallest absolute Gasteiger partial charge is 0.224 e. The number of aromatic nitrogens is 1. The summed E-state index contributed by atoms with van der Waals surface area (Å²) >= 11 is 1.64. The Morgan fingerprint density at radius 3 is 2.90 bits per heavy atom. The number of hydrogen-bond acceptors (Lipinski definition) is 4. The van der Waals surface area contributed by atoms with Gasteiger partial charge in [0, 0.05) is 30.1 Å². The van der Waals surface area contributed by atoms with Gasteiger partial charge in [-0.2, -0.15) is 0 Å². The van der Waals surface area contributed by atoms with E-state index in [1.165, 1.54) is 12.8 Å². The van der Waals surface area contributed by atoms with Gasteiger partial charge in [0.05, 0.1) is 10.9 Å². The van der Waals surface area contributed by atoms with Crippen molar-refractivity contribution >= 4 is 29.7 Å². The zero-order valence-electron chi connectivity index (χ0n) is 11.6. The van der Waals surface area contributed by atoms with E-state index in [2.05, 4.69) is 17.2 Å². The molecule has 0 aromatic carbocycles. The molecular formula is C14H22ClN3OS. The Morgan fingerprint density at radius 1 is 1.55 bits per heavy atom. The number of nitrogens with two attached hydrogens (primary N) is 1. The number of amides is 1. The summed E-state index contributed by atoms with van der Waals surface area (Å²) < 4.78 is 0. The highest BCUT2D eigenvalue weighted by Gasteiger charge is 2.48. The van der Waals surface area contributed by atoms with Gasteiger partial charge in [-0.1, -0.05) is 6.92 Å². The molecule has 6 heteroatoms. The van der Waals surface area contributed by atoms with E-state index in [9.17, 15) is 4.79 Å². The number of nitrogens with one attached hydrogen (secondary N) is 1. The number of carbonyl (C=O) groups is 1. The zero-order chi connectivity index (χ0) is 13.4. The van der Waals surface area contributed by atoms with Crippen molar-refractivity contribution in [2.45, 2.75) is 38.1 Å². The van der Waals surface area contributed by atoms with Crippen molar-refractivity contribution in [1.82, 2.24) is 10.3 Å². The lowest BCUT2D eigenvalue weighted by Gasteiger charge is -2.27. The highest BCUT2D eigenvalue weighted by molar-refractivity contribution is 7.09. The minimum Gasteiger partial charge on any atom is -0.355 e. The average molecular weight is 316 g/mol. The minimum absolute atomic E-state index is 0. The lowest BCUT2D eigenvalue weighted by atomic mass is 9.84. The second-order valence-electron chi connectivity index (χ2n) is 5.95. The van der Waals surface area contributed by atoms with Crippen LogP contribution in [0.1, 0.15) is 37.1 Å². The highest BCUT2D eigenvalue weighted by atomic mass is 35.5. The molecule has 2 bridgehead atoms. The molecule has 2 fully saturated rings. The standard InChI is InChI=1S/C14H21N3OS.ClH/c1-8(14-16-4-5-19-14)7-17-13(18)11-9-2-3-10(6-9)12(11)15;/h4-5,8-12H,2-3,6-7,15H2,1H3,(H,17,18);1H. The Bertz CT molecular complexity index is 451. The maximum Gasteiger partial charge on any atom is 0.224 e. The Kier molecular flexibility index (Phi) is 5.04. The summed E-state index contributed by atoms with van der Waals surface area (Å²) in [6.07, 6.45) is 5.36. The van der Waals surface area contributed by atoms with E-state index < -0.39 is 0 Å². The van der Waals surface area contributed by atoms with Gasteiger partial charge >= 0.3 is 0 Å². The van der Waals surface area contributed by atoms with E-state index in [0.717, 1.165) is 11.4 Å². The molecule has 0 aliphatic heterocycles. The monoisotopic (exact) mass is 315 g/mol. The van der Waals surface area contributed by atoms with Crippen LogP contribution in [0.25, 0.3) is 0 Å².